The SMILES string of the molecule is CCOC1CCN(CC(C=O)(CC)CC)CC1. The van der Waals surface area contributed by atoms with E-state index in [0.717, 1.165) is 51.9 Å². The predicted octanol–water partition coefficient (Wildman–Crippen LogP) is 2.49. The number of nitrogens with zero attached hydrogens (tertiary/aromatic N) is 1. The topological polar surface area (TPSA) is 29.5 Å². The molecule has 1 rings (SSSR count). The van der Waals surface area contributed by atoms with Gasteiger partial charge in [-0.15, -0.1) is 0 Å². The molecule has 0 N–H and O–H groups in total. The number of hydrogen-bond acceptors (Lipinski definition) is 3. The van der Waals surface area contributed by atoms with Crippen LogP contribution in [0.15, 0.2) is 0 Å². The Hall–Kier alpha value is -0.410. The molecular formula is C14H27NO2. The summed E-state index contributed by atoms with van der Waals surface area (Å²) in [5.41, 5.74) is -0.127. The van der Waals surface area contributed by atoms with Crippen molar-refractivity contribution in [2.75, 3.05) is 26.2 Å². The minimum atomic E-state index is -0.127. The lowest BCUT2D eigenvalue weighted by atomic mass is 9.83. The van der Waals surface area contributed by atoms with E-state index in [0.29, 0.717) is 6.10 Å². The molecule has 0 aromatic rings. The molecule has 100 valence electrons. The number of hydrogen-bond donors (Lipinski definition) is 0. The molecule has 0 aromatic carbocycles. The first-order chi connectivity index (χ1) is 8.19. The number of carbonyl (C=O) groups is 1. The van der Waals surface area contributed by atoms with Crippen LogP contribution in [0.25, 0.3) is 0 Å². The summed E-state index contributed by atoms with van der Waals surface area (Å²) >= 11 is 0. The van der Waals surface area contributed by atoms with Crippen LogP contribution in [0.3, 0.4) is 0 Å². The highest BCUT2D eigenvalue weighted by molar-refractivity contribution is 5.59. The normalized spacial score (nSPS) is 19.5. The molecule has 0 amide bonds. The van der Waals surface area contributed by atoms with Gasteiger partial charge in [0, 0.05) is 31.7 Å². The average Bonchev–Trinajstić information content (AvgIpc) is 2.39. The van der Waals surface area contributed by atoms with Crippen molar-refractivity contribution < 1.29 is 9.53 Å². The summed E-state index contributed by atoms with van der Waals surface area (Å²) in [6.45, 7) is 10.2. The van der Waals surface area contributed by atoms with Gasteiger partial charge >= 0.3 is 0 Å². The van der Waals surface area contributed by atoms with Gasteiger partial charge in [-0.1, -0.05) is 13.8 Å². The van der Waals surface area contributed by atoms with Gasteiger partial charge in [-0.2, -0.15) is 0 Å². The maximum atomic E-state index is 11.3. The summed E-state index contributed by atoms with van der Waals surface area (Å²) in [5.74, 6) is 0. The summed E-state index contributed by atoms with van der Waals surface area (Å²) in [4.78, 5) is 13.7. The van der Waals surface area contributed by atoms with Crippen molar-refractivity contribution in [3.8, 4) is 0 Å². The molecule has 0 bridgehead atoms. The van der Waals surface area contributed by atoms with Crippen molar-refractivity contribution in [3.05, 3.63) is 0 Å². The Bertz CT molecular complexity index is 218. The van der Waals surface area contributed by atoms with Crippen LogP contribution in [0.4, 0.5) is 0 Å². The van der Waals surface area contributed by atoms with Gasteiger partial charge in [-0.25, -0.2) is 0 Å². The predicted molar refractivity (Wildman–Crippen MR) is 70.2 cm³/mol. The van der Waals surface area contributed by atoms with Crippen molar-refractivity contribution in [1.29, 1.82) is 0 Å². The highest BCUT2D eigenvalue weighted by Gasteiger charge is 2.30. The van der Waals surface area contributed by atoms with Crippen molar-refractivity contribution in [2.24, 2.45) is 5.41 Å². The lowest BCUT2D eigenvalue weighted by Gasteiger charge is -2.37. The lowest BCUT2D eigenvalue weighted by Crippen LogP contribution is -2.44. The quantitative estimate of drug-likeness (QED) is 0.641. The smallest absolute Gasteiger partial charge is 0.127 e. The first kappa shape index (κ1) is 14.7. The molecule has 0 aliphatic carbocycles. The van der Waals surface area contributed by atoms with Gasteiger partial charge in [0.1, 0.15) is 6.29 Å². The molecule has 1 fully saturated rings. The second-order valence-corrected chi connectivity index (χ2v) is 5.12. The fourth-order valence-electron chi connectivity index (χ4n) is 2.59. The number of aldehydes is 1. The third-order valence-corrected chi connectivity index (χ3v) is 4.13. The minimum absolute atomic E-state index is 0.127. The Kier molecular flexibility index (Phi) is 6.14. The van der Waals surface area contributed by atoms with Crippen LogP contribution in [0, 0.1) is 5.41 Å². The monoisotopic (exact) mass is 241 g/mol. The second kappa shape index (κ2) is 7.12. The summed E-state index contributed by atoms with van der Waals surface area (Å²) in [6.07, 6.45) is 5.70. The van der Waals surface area contributed by atoms with Gasteiger partial charge in [0.15, 0.2) is 0 Å². The summed E-state index contributed by atoms with van der Waals surface area (Å²) < 4.78 is 5.64. The number of ether oxygens (including phenoxy) is 1. The van der Waals surface area contributed by atoms with E-state index in [1.54, 1.807) is 0 Å². The van der Waals surface area contributed by atoms with Crippen LogP contribution < -0.4 is 0 Å². The van der Waals surface area contributed by atoms with Crippen LogP contribution >= 0.6 is 0 Å². The molecule has 0 saturated carbocycles. The van der Waals surface area contributed by atoms with E-state index in [1.165, 1.54) is 6.29 Å². The van der Waals surface area contributed by atoms with E-state index in [2.05, 4.69) is 25.7 Å². The van der Waals surface area contributed by atoms with E-state index >= 15 is 0 Å². The first-order valence-electron chi connectivity index (χ1n) is 7.00. The van der Waals surface area contributed by atoms with Gasteiger partial charge in [0.2, 0.25) is 0 Å². The van der Waals surface area contributed by atoms with Gasteiger partial charge < -0.3 is 14.4 Å². The molecule has 0 atom stereocenters. The first-order valence-corrected chi connectivity index (χ1v) is 7.00. The Morgan fingerprint density at radius 1 is 1.24 bits per heavy atom. The van der Waals surface area contributed by atoms with Crippen LogP contribution in [-0.2, 0) is 9.53 Å². The summed E-state index contributed by atoms with van der Waals surface area (Å²) in [5, 5.41) is 0. The molecule has 1 heterocycles. The molecule has 1 aliphatic heterocycles. The van der Waals surface area contributed by atoms with Crippen molar-refractivity contribution in [2.45, 2.75) is 52.6 Å². The largest absolute Gasteiger partial charge is 0.378 e. The maximum Gasteiger partial charge on any atom is 0.127 e. The van der Waals surface area contributed by atoms with Crippen LogP contribution in [0.5, 0.6) is 0 Å². The highest BCUT2D eigenvalue weighted by atomic mass is 16.5. The summed E-state index contributed by atoms with van der Waals surface area (Å²) in [6, 6.07) is 0. The number of piperidine rings is 1. The van der Waals surface area contributed by atoms with Crippen LogP contribution in [-0.4, -0.2) is 43.5 Å². The molecule has 1 aliphatic rings. The zero-order chi connectivity index (χ0) is 12.7. The van der Waals surface area contributed by atoms with E-state index in [4.69, 9.17) is 4.74 Å². The highest BCUT2D eigenvalue weighted by Crippen LogP contribution is 2.26. The third kappa shape index (κ3) is 4.07. The fourth-order valence-corrected chi connectivity index (χ4v) is 2.59. The molecular weight excluding hydrogens is 214 g/mol. The van der Waals surface area contributed by atoms with Gasteiger partial charge in [-0.3, -0.25) is 0 Å². The molecule has 0 spiro atoms. The van der Waals surface area contributed by atoms with E-state index < -0.39 is 0 Å². The minimum Gasteiger partial charge on any atom is -0.378 e. The maximum absolute atomic E-state index is 11.3. The van der Waals surface area contributed by atoms with Gasteiger partial charge in [-0.05, 0) is 32.6 Å². The number of likely N-dealkylation sites (tertiary alicyclic amines) is 1. The van der Waals surface area contributed by atoms with Crippen molar-refractivity contribution in [3.63, 3.8) is 0 Å². The lowest BCUT2D eigenvalue weighted by molar-refractivity contribution is -0.118. The van der Waals surface area contributed by atoms with Crippen molar-refractivity contribution >= 4 is 6.29 Å². The molecule has 3 nitrogen and oxygen atoms in total. The molecule has 0 aromatic heterocycles. The molecule has 1 saturated heterocycles. The zero-order valence-corrected chi connectivity index (χ0v) is 11.6. The Labute approximate surface area is 106 Å². The number of rotatable bonds is 7. The molecule has 3 heteroatoms. The Balaban J connectivity index is 2.41. The average molecular weight is 241 g/mol. The van der Waals surface area contributed by atoms with Crippen LogP contribution in [0.2, 0.25) is 0 Å². The standard InChI is InChI=1S/C14H27NO2/c1-4-14(5-2,12-16)11-15-9-7-13(8-10-15)17-6-3/h12-13H,4-11H2,1-3H3. The van der Waals surface area contributed by atoms with E-state index in [-0.39, 0.29) is 5.41 Å². The van der Waals surface area contributed by atoms with E-state index in [1.807, 2.05) is 0 Å². The Morgan fingerprint density at radius 2 is 1.82 bits per heavy atom. The van der Waals surface area contributed by atoms with E-state index in [9.17, 15) is 4.79 Å². The second-order valence-electron chi connectivity index (χ2n) is 5.12. The van der Waals surface area contributed by atoms with Crippen LogP contribution in [0.1, 0.15) is 46.5 Å². The molecule has 17 heavy (non-hydrogen) atoms. The molecule has 0 unspecified atom stereocenters. The van der Waals surface area contributed by atoms with Gasteiger partial charge in [0.25, 0.3) is 0 Å². The fraction of sp³-hybridized carbons (Fsp3) is 0.929. The zero-order valence-electron chi connectivity index (χ0n) is 11.6. The number of carbonyl (C=O) groups excluding carboxylic acids is 1. The molecule has 0 radical (unpaired) electrons. The third-order valence-electron chi connectivity index (χ3n) is 4.13. The van der Waals surface area contributed by atoms with Crippen molar-refractivity contribution in [1.82, 2.24) is 4.90 Å². The van der Waals surface area contributed by atoms with Gasteiger partial charge in [0.05, 0.1) is 6.10 Å². The Morgan fingerprint density at radius 3 is 2.24 bits per heavy atom. The summed E-state index contributed by atoms with van der Waals surface area (Å²) in [7, 11) is 0.